The molecule has 0 aliphatic rings. The number of unbranched alkanes of at least 4 members (excludes halogenated alkanes) is 5. The van der Waals surface area contributed by atoms with E-state index in [0.717, 1.165) is 25.0 Å². The predicted molar refractivity (Wildman–Crippen MR) is 96.7 cm³/mol. The molecule has 0 N–H and O–H groups in total. The minimum Gasteiger partial charge on any atom is -1.00 e. The van der Waals surface area contributed by atoms with Crippen molar-refractivity contribution >= 4 is 23.1 Å². The molecule has 0 fully saturated rings. The van der Waals surface area contributed by atoms with Crippen molar-refractivity contribution in [2.45, 2.75) is 91.9 Å². The Kier molecular flexibility index (Phi) is 28.3. The fraction of sp³-hybridized carbons (Fsp3) is 0.947. The molecule has 0 heterocycles. The minimum absolute atomic E-state index is 0. The Morgan fingerprint density at radius 2 is 1.45 bits per heavy atom. The average molecular weight is 388 g/mol. The molecule has 0 aromatic heterocycles. The zero-order valence-electron chi connectivity index (χ0n) is 15.7. The van der Waals surface area contributed by atoms with Crippen molar-refractivity contribution < 1.29 is 21.7 Å². The molecule has 130 valence electrons. The maximum absolute atomic E-state index is 5.74. The van der Waals surface area contributed by atoms with Crippen LogP contribution in [0.4, 0.5) is 0 Å². The van der Waals surface area contributed by atoms with Crippen LogP contribution in [0.5, 0.6) is 0 Å². The number of hydrogen-bond donors (Lipinski definition) is 0. The van der Waals surface area contributed by atoms with Gasteiger partial charge in [-0.3, -0.25) is 0 Å². The molecule has 0 spiro atoms. The summed E-state index contributed by atoms with van der Waals surface area (Å²) in [5.74, 6) is 1.70. The second-order valence-corrected chi connectivity index (χ2v) is 6.61. The summed E-state index contributed by atoms with van der Waals surface area (Å²) in [5.41, 5.74) is 0. The fourth-order valence-corrected chi connectivity index (χ4v) is 2.92. The zero-order valence-corrected chi connectivity index (χ0v) is 18.7. The van der Waals surface area contributed by atoms with Crippen LogP contribution in [0.2, 0.25) is 0 Å². The van der Waals surface area contributed by atoms with E-state index in [4.69, 9.17) is 4.74 Å². The van der Waals surface area contributed by atoms with Gasteiger partial charge in [-0.15, -0.1) is 0 Å². The van der Waals surface area contributed by atoms with Crippen LogP contribution in [0, 0.1) is 18.3 Å². The normalized spacial score (nSPS) is 13.1. The summed E-state index contributed by atoms with van der Waals surface area (Å²) < 4.78 is 5.74. The molecule has 0 aromatic rings. The van der Waals surface area contributed by atoms with Gasteiger partial charge in [-0.1, -0.05) is 65.2 Å². The van der Waals surface area contributed by atoms with Crippen LogP contribution in [0.1, 0.15) is 91.9 Å². The molecule has 0 radical (unpaired) electrons. The van der Waals surface area contributed by atoms with E-state index in [2.05, 4.69) is 34.1 Å². The van der Waals surface area contributed by atoms with Gasteiger partial charge >= 0.3 is 23.1 Å². The van der Waals surface area contributed by atoms with Crippen molar-refractivity contribution in [2.75, 3.05) is 13.2 Å². The van der Waals surface area contributed by atoms with Gasteiger partial charge in [-0.05, 0) is 25.2 Å². The number of rotatable bonds is 15. The molecule has 0 aromatic carbocycles. The molecule has 0 bridgehead atoms. The van der Waals surface area contributed by atoms with E-state index in [1.165, 1.54) is 64.2 Å². The summed E-state index contributed by atoms with van der Waals surface area (Å²) >= 11 is 0. The van der Waals surface area contributed by atoms with Gasteiger partial charge in [-0.25, -0.2) is 0 Å². The molecule has 22 heavy (non-hydrogen) atoms. The molecule has 0 aliphatic carbocycles. The van der Waals surface area contributed by atoms with Crippen molar-refractivity contribution in [3.05, 3.63) is 6.42 Å². The van der Waals surface area contributed by atoms with E-state index < -0.39 is 0 Å². The summed E-state index contributed by atoms with van der Waals surface area (Å²) in [5, 5.41) is 0. The molecule has 2 unspecified atom stereocenters. The molecular weight excluding hydrogens is 348 g/mol. The van der Waals surface area contributed by atoms with Gasteiger partial charge in [0.15, 0.2) is 0 Å². The summed E-state index contributed by atoms with van der Waals surface area (Å²) in [6.45, 7) is 11.1. The van der Waals surface area contributed by atoms with Crippen molar-refractivity contribution in [1.29, 1.82) is 0 Å². The standard InChI is InChI=1S/C19H39O.BrH.Mg/c1-5-7-8-9-10-11-15-20-16-12-14-19(4)17-18(3)13-6-2;;/h6,18-19H,5,7-17H2,1-4H3;1H;/q-1;;+2/p-1. The Morgan fingerprint density at radius 3 is 2.09 bits per heavy atom. The first kappa shape index (κ1) is 28.0. The second-order valence-electron chi connectivity index (χ2n) is 6.61. The van der Waals surface area contributed by atoms with Gasteiger partial charge < -0.3 is 28.1 Å². The largest absolute Gasteiger partial charge is 2.00 e. The molecule has 0 rings (SSSR count). The van der Waals surface area contributed by atoms with Crippen LogP contribution in [0.3, 0.4) is 0 Å². The monoisotopic (exact) mass is 386 g/mol. The molecule has 0 aliphatic heterocycles. The summed E-state index contributed by atoms with van der Waals surface area (Å²) in [6, 6.07) is 0. The fourth-order valence-electron chi connectivity index (χ4n) is 2.92. The van der Waals surface area contributed by atoms with E-state index in [1.807, 2.05) is 0 Å². The maximum atomic E-state index is 5.74. The van der Waals surface area contributed by atoms with E-state index in [9.17, 15) is 0 Å². The van der Waals surface area contributed by atoms with Crippen LogP contribution < -0.4 is 17.0 Å². The van der Waals surface area contributed by atoms with Crippen LogP contribution in [-0.2, 0) is 4.74 Å². The van der Waals surface area contributed by atoms with Gasteiger partial charge in [0.2, 0.25) is 0 Å². The van der Waals surface area contributed by atoms with Gasteiger partial charge in [0.25, 0.3) is 0 Å². The Balaban J connectivity index is -0.00000180. The minimum atomic E-state index is 0. The SMILES string of the molecule is C[CH-]CC(C)CC(C)CCCOCCCCCCCC.[Br-].[Mg+2]. The number of hydrogen-bond acceptors (Lipinski definition) is 1. The molecular formula is C19H39BrMgO. The summed E-state index contributed by atoms with van der Waals surface area (Å²) in [6.07, 6.45) is 15.6. The van der Waals surface area contributed by atoms with Crippen molar-refractivity contribution in [3.8, 4) is 0 Å². The van der Waals surface area contributed by atoms with Crippen molar-refractivity contribution in [1.82, 2.24) is 0 Å². The smallest absolute Gasteiger partial charge is 1.00 e. The first-order valence-electron chi connectivity index (χ1n) is 9.06. The van der Waals surface area contributed by atoms with Gasteiger partial charge in [0.05, 0.1) is 0 Å². The van der Waals surface area contributed by atoms with Gasteiger partial charge in [0, 0.05) is 13.2 Å². The zero-order chi connectivity index (χ0) is 15.1. The second kappa shape index (κ2) is 22.2. The number of halogens is 1. The Labute approximate surface area is 167 Å². The molecule has 2 atom stereocenters. The molecule has 0 amide bonds. The first-order valence-corrected chi connectivity index (χ1v) is 9.06. The summed E-state index contributed by atoms with van der Waals surface area (Å²) in [7, 11) is 0. The molecule has 1 nitrogen and oxygen atoms in total. The first-order chi connectivity index (χ1) is 9.70. The van der Waals surface area contributed by atoms with Crippen LogP contribution in [-0.4, -0.2) is 36.3 Å². The third kappa shape index (κ3) is 21.2. The van der Waals surface area contributed by atoms with Crippen LogP contribution in [0.25, 0.3) is 0 Å². The Hall–Kier alpha value is 1.21. The Morgan fingerprint density at radius 1 is 0.864 bits per heavy atom. The maximum Gasteiger partial charge on any atom is 2.00 e. The topological polar surface area (TPSA) is 9.23 Å². The predicted octanol–water partition coefficient (Wildman–Crippen LogP) is 3.04. The van der Waals surface area contributed by atoms with E-state index in [0.29, 0.717) is 0 Å². The summed E-state index contributed by atoms with van der Waals surface area (Å²) in [4.78, 5) is 0. The quantitative estimate of drug-likeness (QED) is 0.238. The number of ether oxygens (including phenoxy) is 1. The van der Waals surface area contributed by atoms with E-state index >= 15 is 0 Å². The molecule has 0 saturated heterocycles. The third-order valence-electron chi connectivity index (χ3n) is 4.07. The van der Waals surface area contributed by atoms with E-state index in [-0.39, 0.29) is 40.0 Å². The Bertz CT molecular complexity index is 190. The van der Waals surface area contributed by atoms with Crippen molar-refractivity contribution in [3.63, 3.8) is 0 Å². The molecule has 0 saturated carbocycles. The van der Waals surface area contributed by atoms with Crippen molar-refractivity contribution in [2.24, 2.45) is 11.8 Å². The third-order valence-corrected chi connectivity index (χ3v) is 4.07. The average Bonchev–Trinajstić information content (AvgIpc) is 2.41. The molecule has 3 heteroatoms. The van der Waals surface area contributed by atoms with Crippen LogP contribution >= 0.6 is 0 Å². The van der Waals surface area contributed by atoms with E-state index in [1.54, 1.807) is 0 Å². The van der Waals surface area contributed by atoms with Crippen LogP contribution in [0.15, 0.2) is 0 Å². The van der Waals surface area contributed by atoms with Gasteiger partial charge in [-0.2, -0.15) is 13.3 Å². The van der Waals surface area contributed by atoms with Gasteiger partial charge in [0.1, 0.15) is 0 Å².